The van der Waals surface area contributed by atoms with E-state index in [1.54, 1.807) is 12.1 Å². The lowest BCUT2D eigenvalue weighted by Crippen LogP contribution is -2.24. The van der Waals surface area contributed by atoms with Crippen molar-refractivity contribution in [2.75, 3.05) is 11.9 Å². The molecule has 1 aliphatic rings. The molecule has 2 rings (SSSR count). The third-order valence-electron chi connectivity index (χ3n) is 4.37. The highest BCUT2D eigenvalue weighted by atomic mass is 16.6. The van der Waals surface area contributed by atoms with Gasteiger partial charge in [-0.1, -0.05) is 46.0 Å². The number of hydrogen-bond donors (Lipinski definition) is 1. The molecule has 110 valence electrons. The third kappa shape index (κ3) is 3.11. The summed E-state index contributed by atoms with van der Waals surface area (Å²) in [5.41, 5.74) is 2.47. The van der Waals surface area contributed by atoms with Crippen molar-refractivity contribution < 1.29 is 4.92 Å². The first kappa shape index (κ1) is 14.8. The molecule has 4 nitrogen and oxygen atoms in total. The Labute approximate surface area is 120 Å². The number of nitro groups is 1. The summed E-state index contributed by atoms with van der Waals surface area (Å²) >= 11 is 0. The Morgan fingerprint density at radius 3 is 2.75 bits per heavy atom. The summed E-state index contributed by atoms with van der Waals surface area (Å²) in [7, 11) is 0. The molecule has 1 heterocycles. The van der Waals surface area contributed by atoms with Gasteiger partial charge in [0.05, 0.1) is 4.92 Å². The molecule has 4 heteroatoms. The highest BCUT2D eigenvalue weighted by Gasteiger charge is 2.34. The van der Waals surface area contributed by atoms with Gasteiger partial charge < -0.3 is 5.32 Å². The molecule has 0 spiro atoms. The number of nitrogens with one attached hydrogen (secondary N) is 1. The molecule has 0 bridgehead atoms. The Bertz CT molecular complexity index is 487. The van der Waals surface area contributed by atoms with Gasteiger partial charge in [-0.25, -0.2) is 0 Å². The zero-order valence-corrected chi connectivity index (χ0v) is 12.4. The van der Waals surface area contributed by atoms with Crippen molar-refractivity contribution >= 4 is 11.4 Å². The summed E-state index contributed by atoms with van der Waals surface area (Å²) in [6.45, 7) is 5.38. The van der Waals surface area contributed by atoms with Crippen LogP contribution in [0.3, 0.4) is 0 Å². The normalized spacial score (nSPS) is 20.5. The number of nitrogens with zero attached hydrogens (tertiary/aromatic N) is 1. The van der Waals surface area contributed by atoms with E-state index < -0.39 is 0 Å². The Hall–Kier alpha value is -1.58. The van der Waals surface area contributed by atoms with E-state index in [9.17, 15) is 10.1 Å². The number of fused-ring (bicyclic) bond motifs is 1. The van der Waals surface area contributed by atoms with E-state index in [-0.39, 0.29) is 16.0 Å². The Balaban J connectivity index is 2.01. The second kappa shape index (κ2) is 6.25. The summed E-state index contributed by atoms with van der Waals surface area (Å²) in [5, 5.41) is 14.1. The molecule has 0 aromatic heterocycles. The van der Waals surface area contributed by atoms with Gasteiger partial charge in [0.1, 0.15) is 0 Å². The quantitative estimate of drug-likeness (QED) is 0.448. The fourth-order valence-corrected chi connectivity index (χ4v) is 3.05. The van der Waals surface area contributed by atoms with Crippen LogP contribution in [0.2, 0.25) is 0 Å². The van der Waals surface area contributed by atoms with Gasteiger partial charge in [0.25, 0.3) is 5.69 Å². The average molecular weight is 276 g/mol. The van der Waals surface area contributed by atoms with Gasteiger partial charge in [-0.3, -0.25) is 10.1 Å². The number of hydrogen-bond acceptors (Lipinski definition) is 3. The fourth-order valence-electron chi connectivity index (χ4n) is 3.05. The molecule has 0 saturated carbocycles. The smallest absolute Gasteiger partial charge is 0.271 e. The number of unbranched alkanes of at least 4 members (excludes halogenated alkanes) is 4. The van der Waals surface area contributed by atoms with Gasteiger partial charge in [0, 0.05) is 29.8 Å². The SMILES string of the molecule is CCCCCCCC1(C)CNc2cc([N+](=O)[O-])ccc21. The topological polar surface area (TPSA) is 55.2 Å². The number of rotatable bonds is 7. The summed E-state index contributed by atoms with van der Waals surface area (Å²) in [5.74, 6) is 0. The number of non-ortho nitro benzene ring substituents is 1. The van der Waals surface area contributed by atoms with Crippen LogP contribution in [0.15, 0.2) is 18.2 Å². The lowest BCUT2D eigenvalue weighted by Gasteiger charge is -2.24. The number of nitro benzene ring substituents is 1. The molecule has 0 amide bonds. The van der Waals surface area contributed by atoms with Gasteiger partial charge >= 0.3 is 0 Å². The summed E-state index contributed by atoms with van der Waals surface area (Å²) in [6.07, 6.45) is 7.56. The minimum Gasteiger partial charge on any atom is -0.384 e. The van der Waals surface area contributed by atoms with Crippen molar-refractivity contribution in [3.63, 3.8) is 0 Å². The molecular formula is C16H24N2O2. The first-order valence-corrected chi connectivity index (χ1v) is 7.59. The molecule has 1 unspecified atom stereocenters. The van der Waals surface area contributed by atoms with E-state index in [2.05, 4.69) is 19.2 Å². The zero-order valence-electron chi connectivity index (χ0n) is 12.4. The zero-order chi connectivity index (χ0) is 14.6. The Morgan fingerprint density at radius 1 is 1.30 bits per heavy atom. The van der Waals surface area contributed by atoms with E-state index in [0.717, 1.165) is 18.7 Å². The van der Waals surface area contributed by atoms with Crippen LogP contribution in [0.5, 0.6) is 0 Å². The van der Waals surface area contributed by atoms with Crippen molar-refractivity contribution in [3.8, 4) is 0 Å². The molecule has 0 fully saturated rings. The lowest BCUT2D eigenvalue weighted by atomic mass is 9.79. The highest BCUT2D eigenvalue weighted by Crippen LogP contribution is 2.41. The van der Waals surface area contributed by atoms with Crippen LogP contribution in [0.25, 0.3) is 0 Å². The van der Waals surface area contributed by atoms with E-state index in [0.29, 0.717) is 0 Å². The van der Waals surface area contributed by atoms with Crippen LogP contribution >= 0.6 is 0 Å². The molecule has 1 aromatic rings. The van der Waals surface area contributed by atoms with E-state index >= 15 is 0 Å². The minimum atomic E-state index is -0.331. The van der Waals surface area contributed by atoms with Crippen molar-refractivity contribution in [2.45, 2.75) is 57.8 Å². The van der Waals surface area contributed by atoms with Crippen molar-refractivity contribution in [1.82, 2.24) is 0 Å². The maximum atomic E-state index is 10.8. The minimum absolute atomic E-state index is 0.122. The van der Waals surface area contributed by atoms with Crippen LogP contribution in [0.1, 0.15) is 57.9 Å². The monoisotopic (exact) mass is 276 g/mol. The van der Waals surface area contributed by atoms with Gasteiger partial charge in [0.15, 0.2) is 0 Å². The lowest BCUT2D eigenvalue weighted by molar-refractivity contribution is -0.384. The van der Waals surface area contributed by atoms with Gasteiger partial charge in [-0.15, -0.1) is 0 Å². The van der Waals surface area contributed by atoms with Crippen LogP contribution in [0, 0.1) is 10.1 Å². The molecule has 1 aromatic carbocycles. The van der Waals surface area contributed by atoms with E-state index in [1.807, 2.05) is 6.07 Å². The standard InChI is InChI=1S/C16H24N2O2/c1-3-4-5-6-7-10-16(2)12-17-15-11-13(18(19)20)8-9-14(15)16/h8-9,11,17H,3-7,10,12H2,1-2H3. The molecule has 0 radical (unpaired) electrons. The summed E-state index contributed by atoms with van der Waals surface area (Å²) in [4.78, 5) is 10.5. The third-order valence-corrected chi connectivity index (χ3v) is 4.37. The highest BCUT2D eigenvalue weighted by molar-refractivity contribution is 5.64. The first-order chi connectivity index (χ1) is 9.57. The van der Waals surface area contributed by atoms with E-state index in [4.69, 9.17) is 0 Å². The second-order valence-corrected chi connectivity index (χ2v) is 6.07. The Morgan fingerprint density at radius 2 is 2.05 bits per heavy atom. The molecule has 1 aliphatic heterocycles. The van der Waals surface area contributed by atoms with Crippen molar-refractivity contribution in [1.29, 1.82) is 0 Å². The summed E-state index contributed by atoms with van der Waals surface area (Å²) in [6, 6.07) is 5.22. The second-order valence-electron chi connectivity index (χ2n) is 6.07. The maximum absolute atomic E-state index is 10.8. The van der Waals surface area contributed by atoms with Crippen LogP contribution in [0.4, 0.5) is 11.4 Å². The average Bonchev–Trinajstić information content (AvgIpc) is 2.76. The van der Waals surface area contributed by atoms with Crippen molar-refractivity contribution in [3.05, 3.63) is 33.9 Å². The number of benzene rings is 1. The molecule has 20 heavy (non-hydrogen) atoms. The molecule has 1 atom stereocenters. The van der Waals surface area contributed by atoms with Gasteiger partial charge in [-0.2, -0.15) is 0 Å². The molecule has 0 aliphatic carbocycles. The largest absolute Gasteiger partial charge is 0.384 e. The predicted octanol–water partition coefficient (Wildman–Crippen LogP) is 4.64. The Kier molecular flexibility index (Phi) is 4.63. The molecular weight excluding hydrogens is 252 g/mol. The molecule has 0 saturated heterocycles. The first-order valence-electron chi connectivity index (χ1n) is 7.59. The van der Waals surface area contributed by atoms with Crippen LogP contribution < -0.4 is 5.32 Å². The van der Waals surface area contributed by atoms with Crippen LogP contribution in [-0.2, 0) is 5.41 Å². The maximum Gasteiger partial charge on any atom is 0.271 e. The van der Waals surface area contributed by atoms with E-state index in [1.165, 1.54) is 37.7 Å². The summed E-state index contributed by atoms with van der Waals surface area (Å²) < 4.78 is 0. The predicted molar refractivity (Wildman–Crippen MR) is 82.3 cm³/mol. The number of anilines is 1. The van der Waals surface area contributed by atoms with Crippen LogP contribution in [-0.4, -0.2) is 11.5 Å². The van der Waals surface area contributed by atoms with Crippen molar-refractivity contribution in [2.24, 2.45) is 0 Å². The van der Waals surface area contributed by atoms with Gasteiger partial charge in [-0.05, 0) is 18.1 Å². The molecule has 1 N–H and O–H groups in total. The fraction of sp³-hybridized carbons (Fsp3) is 0.625. The van der Waals surface area contributed by atoms with Gasteiger partial charge in [0.2, 0.25) is 0 Å².